The van der Waals surface area contributed by atoms with E-state index in [1.807, 2.05) is 41.9 Å². The molecule has 10 heteroatoms. The fourth-order valence-electron chi connectivity index (χ4n) is 5.04. The highest BCUT2D eigenvalue weighted by atomic mass is 19.4. The number of urea groups is 1. The minimum absolute atomic E-state index is 0.330. The number of benzene rings is 3. The van der Waals surface area contributed by atoms with E-state index in [1.165, 1.54) is 12.1 Å². The molecule has 7 nitrogen and oxygen atoms in total. The fraction of sp³-hybridized carbons (Fsp3) is 0.290. The number of alkyl halides is 3. The molecule has 0 fully saturated rings. The van der Waals surface area contributed by atoms with E-state index in [0.29, 0.717) is 49.2 Å². The zero-order valence-corrected chi connectivity index (χ0v) is 23.1. The second-order valence-corrected chi connectivity index (χ2v) is 10.6. The van der Waals surface area contributed by atoms with Gasteiger partial charge in [0.2, 0.25) is 0 Å². The Hall–Kier alpha value is -4.47. The van der Waals surface area contributed by atoms with Crippen molar-refractivity contribution >= 4 is 17.4 Å². The first kappa shape index (κ1) is 28.1. The number of nitrogens with one attached hydrogen (secondary N) is 1. The average molecular weight is 564 g/mol. The van der Waals surface area contributed by atoms with E-state index in [4.69, 9.17) is 15.6 Å². The molecule has 3 aromatic carbocycles. The van der Waals surface area contributed by atoms with Crippen LogP contribution in [0.1, 0.15) is 36.2 Å². The SMILES string of the molecule is Cc1cccc(OCC(C)C)c1-n1nc2c(c1-c1ccc(NC(N)=O)cc1)CN(c1ccc(C(F)(F)F)cc1)CC2. The third kappa shape index (κ3) is 6.01. The van der Waals surface area contributed by atoms with Gasteiger partial charge in [-0.3, -0.25) is 0 Å². The topological polar surface area (TPSA) is 85.4 Å². The van der Waals surface area contributed by atoms with Gasteiger partial charge in [0.1, 0.15) is 11.4 Å². The molecular formula is C31H32F3N5O2. The molecule has 1 aliphatic rings. The Labute approximate surface area is 236 Å². The maximum absolute atomic E-state index is 13.2. The molecule has 0 unspecified atom stereocenters. The molecule has 4 aromatic rings. The van der Waals surface area contributed by atoms with E-state index in [1.54, 1.807) is 12.1 Å². The smallest absolute Gasteiger partial charge is 0.416 e. The number of carbonyl (C=O) groups is 1. The van der Waals surface area contributed by atoms with Gasteiger partial charge in [0, 0.05) is 42.0 Å². The third-order valence-electron chi connectivity index (χ3n) is 7.00. The Morgan fingerprint density at radius 3 is 2.41 bits per heavy atom. The summed E-state index contributed by atoms with van der Waals surface area (Å²) in [4.78, 5) is 13.4. The van der Waals surface area contributed by atoms with Crippen molar-refractivity contribution in [2.24, 2.45) is 11.7 Å². The third-order valence-corrected chi connectivity index (χ3v) is 7.00. The van der Waals surface area contributed by atoms with Gasteiger partial charge in [0.15, 0.2) is 0 Å². The predicted octanol–water partition coefficient (Wildman–Crippen LogP) is 6.95. The van der Waals surface area contributed by atoms with Crippen LogP contribution in [-0.2, 0) is 19.1 Å². The number of amides is 2. The molecule has 0 aliphatic carbocycles. The van der Waals surface area contributed by atoms with Crippen LogP contribution >= 0.6 is 0 Å². The van der Waals surface area contributed by atoms with Gasteiger partial charge in [-0.25, -0.2) is 9.48 Å². The van der Waals surface area contributed by atoms with Crippen molar-refractivity contribution < 1.29 is 22.7 Å². The number of para-hydroxylation sites is 1. The summed E-state index contributed by atoms with van der Waals surface area (Å²) in [5.41, 5.74) is 11.3. The van der Waals surface area contributed by atoms with E-state index < -0.39 is 17.8 Å². The van der Waals surface area contributed by atoms with Crippen LogP contribution in [0.5, 0.6) is 5.75 Å². The number of aryl methyl sites for hydroxylation is 1. The first-order chi connectivity index (χ1) is 19.5. The van der Waals surface area contributed by atoms with Crippen molar-refractivity contribution in [3.05, 3.63) is 89.1 Å². The first-order valence-corrected chi connectivity index (χ1v) is 13.4. The van der Waals surface area contributed by atoms with Crippen molar-refractivity contribution in [1.82, 2.24) is 9.78 Å². The van der Waals surface area contributed by atoms with Crippen LogP contribution < -0.4 is 20.7 Å². The van der Waals surface area contributed by atoms with Crippen molar-refractivity contribution in [2.45, 2.75) is 39.9 Å². The highest BCUT2D eigenvalue weighted by Gasteiger charge is 2.31. The molecule has 3 N–H and O–H groups in total. The number of rotatable bonds is 7. The van der Waals surface area contributed by atoms with Crippen LogP contribution in [-0.4, -0.2) is 29.0 Å². The summed E-state index contributed by atoms with van der Waals surface area (Å²) in [5.74, 6) is 1.04. The van der Waals surface area contributed by atoms with E-state index in [2.05, 4.69) is 24.1 Å². The van der Waals surface area contributed by atoms with Crippen molar-refractivity contribution in [2.75, 3.05) is 23.4 Å². The number of aromatic nitrogens is 2. The average Bonchev–Trinajstić information content (AvgIpc) is 3.29. The van der Waals surface area contributed by atoms with E-state index in [9.17, 15) is 18.0 Å². The summed E-state index contributed by atoms with van der Waals surface area (Å²) in [6.07, 6.45) is -3.77. The maximum Gasteiger partial charge on any atom is 0.416 e. The van der Waals surface area contributed by atoms with Gasteiger partial charge in [-0.05, 0) is 60.9 Å². The molecule has 2 heterocycles. The number of anilines is 2. The number of primary amides is 1. The molecule has 0 saturated heterocycles. The number of fused-ring (bicyclic) bond motifs is 1. The molecule has 0 atom stereocenters. The van der Waals surface area contributed by atoms with Crippen LogP contribution in [0.4, 0.5) is 29.3 Å². The van der Waals surface area contributed by atoms with Crippen molar-refractivity contribution in [3.8, 4) is 22.7 Å². The van der Waals surface area contributed by atoms with Gasteiger partial charge >= 0.3 is 12.2 Å². The van der Waals surface area contributed by atoms with Crippen LogP contribution in [0.2, 0.25) is 0 Å². The number of ether oxygens (including phenoxy) is 1. The molecule has 1 aromatic heterocycles. The number of nitrogens with two attached hydrogens (primary N) is 1. The lowest BCUT2D eigenvalue weighted by molar-refractivity contribution is -0.137. The molecule has 2 amide bonds. The summed E-state index contributed by atoms with van der Waals surface area (Å²) in [6, 6.07) is 17.8. The Bertz CT molecular complexity index is 1540. The number of hydrogen-bond donors (Lipinski definition) is 2. The Morgan fingerprint density at radius 1 is 1.07 bits per heavy atom. The highest BCUT2D eigenvalue weighted by molar-refractivity contribution is 5.88. The number of carbonyl (C=O) groups excluding carboxylic acids is 1. The van der Waals surface area contributed by atoms with Gasteiger partial charge in [-0.1, -0.05) is 38.1 Å². The number of halogens is 3. The maximum atomic E-state index is 13.2. The second kappa shape index (κ2) is 11.2. The Morgan fingerprint density at radius 2 is 1.78 bits per heavy atom. The molecule has 0 saturated carbocycles. The minimum Gasteiger partial charge on any atom is -0.491 e. The lowest BCUT2D eigenvalue weighted by Gasteiger charge is -2.29. The summed E-state index contributed by atoms with van der Waals surface area (Å²) in [5, 5.41) is 7.65. The highest BCUT2D eigenvalue weighted by Crippen LogP contribution is 2.38. The lowest BCUT2D eigenvalue weighted by Crippen LogP contribution is -2.30. The second-order valence-electron chi connectivity index (χ2n) is 10.6. The summed E-state index contributed by atoms with van der Waals surface area (Å²) in [6.45, 7) is 7.81. The Kier molecular flexibility index (Phi) is 7.66. The van der Waals surface area contributed by atoms with Crippen LogP contribution in [0.3, 0.4) is 0 Å². The van der Waals surface area contributed by atoms with Crippen molar-refractivity contribution in [3.63, 3.8) is 0 Å². The fourth-order valence-corrected chi connectivity index (χ4v) is 5.04. The van der Waals surface area contributed by atoms with Crippen LogP contribution in [0, 0.1) is 12.8 Å². The molecule has 0 bridgehead atoms. The van der Waals surface area contributed by atoms with Gasteiger partial charge < -0.3 is 20.7 Å². The normalized spacial score (nSPS) is 13.3. The van der Waals surface area contributed by atoms with Crippen LogP contribution in [0.15, 0.2) is 66.7 Å². The predicted molar refractivity (Wildman–Crippen MR) is 153 cm³/mol. The molecule has 0 spiro atoms. The zero-order chi connectivity index (χ0) is 29.3. The minimum atomic E-state index is -4.39. The summed E-state index contributed by atoms with van der Waals surface area (Å²) in [7, 11) is 0. The quantitative estimate of drug-likeness (QED) is 0.255. The molecule has 5 rings (SSSR count). The summed E-state index contributed by atoms with van der Waals surface area (Å²) < 4.78 is 47.6. The van der Waals surface area contributed by atoms with Crippen molar-refractivity contribution in [1.29, 1.82) is 0 Å². The zero-order valence-electron chi connectivity index (χ0n) is 23.1. The molecule has 41 heavy (non-hydrogen) atoms. The summed E-state index contributed by atoms with van der Waals surface area (Å²) >= 11 is 0. The van der Waals surface area contributed by atoms with E-state index in [-0.39, 0.29) is 0 Å². The van der Waals surface area contributed by atoms with E-state index in [0.717, 1.165) is 45.9 Å². The molecule has 1 aliphatic heterocycles. The molecular weight excluding hydrogens is 531 g/mol. The Balaban J connectivity index is 1.61. The standard InChI is InChI=1S/C31H32F3N5O2/c1-19(2)18-41-27-6-4-5-20(3)28(27)39-29(21-7-11-23(12-8-21)36-30(35)40)25-17-38(16-15-26(25)37-39)24-13-9-22(10-14-24)31(32,33)34/h4-14,19H,15-18H2,1-3H3,(H3,35,36,40). The van der Waals surface area contributed by atoms with Gasteiger partial charge in [-0.2, -0.15) is 18.3 Å². The van der Waals surface area contributed by atoms with Crippen LogP contribution in [0.25, 0.3) is 16.9 Å². The monoisotopic (exact) mass is 563 g/mol. The molecule has 0 radical (unpaired) electrons. The van der Waals surface area contributed by atoms with Gasteiger partial charge in [-0.15, -0.1) is 0 Å². The lowest BCUT2D eigenvalue weighted by atomic mass is 9.99. The molecule has 214 valence electrons. The number of hydrogen-bond acceptors (Lipinski definition) is 4. The largest absolute Gasteiger partial charge is 0.491 e. The van der Waals surface area contributed by atoms with Gasteiger partial charge in [0.05, 0.1) is 23.6 Å². The first-order valence-electron chi connectivity index (χ1n) is 13.4. The van der Waals surface area contributed by atoms with E-state index >= 15 is 0 Å². The van der Waals surface area contributed by atoms with Gasteiger partial charge in [0.25, 0.3) is 0 Å². The number of nitrogens with zero attached hydrogens (tertiary/aromatic N) is 3.